The van der Waals surface area contributed by atoms with Crippen molar-refractivity contribution in [1.82, 2.24) is 0 Å². The lowest BCUT2D eigenvalue weighted by Crippen LogP contribution is -2.33. The smallest absolute Gasteiger partial charge is 0.135 e. The van der Waals surface area contributed by atoms with E-state index in [0.717, 1.165) is 46.1 Å². The summed E-state index contributed by atoms with van der Waals surface area (Å²) in [5.74, 6) is 1.06. The number of thiophene rings is 1. The van der Waals surface area contributed by atoms with E-state index in [4.69, 9.17) is 11.3 Å². The van der Waals surface area contributed by atoms with Gasteiger partial charge >= 0.3 is 0 Å². The van der Waals surface area contributed by atoms with Crippen molar-refractivity contribution < 1.29 is 4.74 Å². The first-order valence-electron chi connectivity index (χ1n) is 18.9. The highest BCUT2D eigenvalue weighted by Gasteiger charge is 2.42. The Morgan fingerprint density at radius 1 is 0.815 bits per heavy atom. The van der Waals surface area contributed by atoms with E-state index in [0.29, 0.717) is 0 Å². The molecule has 0 spiro atoms. The van der Waals surface area contributed by atoms with Crippen LogP contribution in [0.1, 0.15) is 59.1 Å². The van der Waals surface area contributed by atoms with Crippen LogP contribution in [-0.2, 0) is 0 Å². The zero-order chi connectivity index (χ0) is 36.8. The van der Waals surface area contributed by atoms with E-state index in [1.807, 2.05) is 17.4 Å². The summed E-state index contributed by atoms with van der Waals surface area (Å²) in [6.45, 7) is 13.1. The summed E-state index contributed by atoms with van der Waals surface area (Å²) in [5.41, 5.74) is 13.0. The first-order valence-corrected chi connectivity index (χ1v) is 19.7. The van der Waals surface area contributed by atoms with Gasteiger partial charge in [-0.15, -0.1) is 11.3 Å². The Kier molecular flexibility index (Phi) is 8.85. The van der Waals surface area contributed by atoms with Gasteiger partial charge in [0.1, 0.15) is 11.9 Å². The molecular weight excluding hydrogens is 673 g/mol. The third-order valence-corrected chi connectivity index (χ3v) is 12.3. The Bertz CT molecular complexity index is 2810. The van der Waals surface area contributed by atoms with E-state index < -0.39 is 0 Å². The van der Waals surface area contributed by atoms with Crippen molar-refractivity contribution in [2.45, 2.75) is 38.7 Å². The molecule has 0 amide bonds. The molecule has 0 bridgehead atoms. The van der Waals surface area contributed by atoms with Gasteiger partial charge in [0.15, 0.2) is 0 Å². The van der Waals surface area contributed by atoms with Crippen LogP contribution in [-0.4, -0.2) is 6.10 Å². The van der Waals surface area contributed by atoms with E-state index in [1.54, 1.807) is 0 Å². The van der Waals surface area contributed by atoms with Gasteiger partial charge in [-0.25, -0.2) is 0 Å². The molecule has 0 N–H and O–H groups in total. The minimum absolute atomic E-state index is 0.0904. The molecule has 2 aliphatic carbocycles. The standard InChI is InChI=1S/C52H42OS/c1-5-17-36-31-37(27-26-33(36)3)35(6-2)30-34(4)38-18-9-7-8-10-19-41(40-21-12-11-20-39(38)40)46-32-47-43(50-45-23-13-15-24-48(45)53-51(46)50)28-29-44-42-22-14-16-25-49(42)54-52(44)47/h5-6,9-32,50-51H,2,4,7-8H2,1,3H3/b17-5-,18-9?,19-10+,35-30+,39-38?,41-40+. The highest BCUT2D eigenvalue weighted by atomic mass is 32.1. The quantitative estimate of drug-likeness (QED) is 0.156. The van der Waals surface area contributed by atoms with Crippen molar-refractivity contribution in [1.29, 1.82) is 0 Å². The minimum atomic E-state index is -0.153. The average Bonchev–Trinajstić information content (AvgIpc) is 3.79. The largest absolute Gasteiger partial charge is 0.484 e. The van der Waals surface area contributed by atoms with Gasteiger partial charge in [-0.05, 0) is 118 Å². The second-order valence-electron chi connectivity index (χ2n) is 14.4. The number of aryl methyl sites for hydroxylation is 1. The lowest BCUT2D eigenvalue weighted by atomic mass is 9.75. The molecule has 2 heteroatoms. The predicted octanol–water partition coefficient (Wildman–Crippen LogP) is 12.4. The molecule has 0 saturated heterocycles. The fourth-order valence-electron chi connectivity index (χ4n) is 8.46. The summed E-state index contributed by atoms with van der Waals surface area (Å²) in [5, 5.41) is 4.96. The molecule has 2 heterocycles. The Hall–Kier alpha value is -5.96. The normalized spacial score (nSPS) is 19.5. The van der Waals surface area contributed by atoms with Crippen LogP contribution in [0, 0.1) is 6.92 Å². The first-order chi connectivity index (χ1) is 26.5. The van der Waals surface area contributed by atoms with Gasteiger partial charge in [0, 0.05) is 31.3 Å². The molecule has 54 heavy (non-hydrogen) atoms. The molecule has 1 aliphatic heterocycles. The van der Waals surface area contributed by atoms with Crippen molar-refractivity contribution in [3.8, 4) is 5.75 Å². The van der Waals surface area contributed by atoms with E-state index in [9.17, 15) is 0 Å². The fraction of sp³-hybridized carbons (Fsp3) is 0.115. The molecule has 2 atom stereocenters. The summed E-state index contributed by atoms with van der Waals surface area (Å²) < 4.78 is 9.65. The van der Waals surface area contributed by atoms with Crippen LogP contribution < -0.4 is 15.2 Å². The van der Waals surface area contributed by atoms with Crippen LogP contribution in [0.25, 0.3) is 49.0 Å². The maximum absolute atomic E-state index is 6.99. The topological polar surface area (TPSA) is 9.23 Å². The molecule has 0 saturated carbocycles. The lowest BCUT2D eigenvalue weighted by molar-refractivity contribution is 0.259. The number of rotatable bonds is 6. The molecule has 0 radical (unpaired) electrons. The Balaban J connectivity index is 1.30. The van der Waals surface area contributed by atoms with Gasteiger partial charge < -0.3 is 4.74 Å². The Labute approximate surface area is 322 Å². The van der Waals surface area contributed by atoms with E-state index in [2.05, 4.69) is 172 Å². The summed E-state index contributed by atoms with van der Waals surface area (Å²) in [6, 6.07) is 37.5. The summed E-state index contributed by atoms with van der Waals surface area (Å²) in [4.78, 5) is 0. The van der Waals surface area contributed by atoms with Crippen LogP contribution in [0.4, 0.5) is 0 Å². The monoisotopic (exact) mass is 714 g/mol. The molecule has 3 aliphatic rings. The number of hydrogen-bond acceptors (Lipinski definition) is 2. The van der Waals surface area contributed by atoms with Gasteiger partial charge in [-0.1, -0.05) is 141 Å². The zero-order valence-electron chi connectivity index (χ0n) is 30.8. The molecule has 5 aromatic carbocycles. The maximum Gasteiger partial charge on any atom is 0.135 e. The van der Waals surface area contributed by atoms with E-state index >= 15 is 0 Å². The number of fused-ring (bicyclic) bond motifs is 10. The van der Waals surface area contributed by atoms with E-state index in [-0.39, 0.29) is 12.0 Å². The fourth-order valence-corrected chi connectivity index (χ4v) is 9.69. The second kappa shape index (κ2) is 14.1. The average molecular weight is 715 g/mol. The molecule has 0 fully saturated rings. The van der Waals surface area contributed by atoms with Crippen molar-refractivity contribution in [3.63, 3.8) is 0 Å². The van der Waals surface area contributed by atoms with Gasteiger partial charge in [-0.2, -0.15) is 0 Å². The van der Waals surface area contributed by atoms with Crippen molar-refractivity contribution in [3.05, 3.63) is 214 Å². The molecule has 262 valence electrons. The van der Waals surface area contributed by atoms with Crippen LogP contribution in [0.5, 0.6) is 5.75 Å². The van der Waals surface area contributed by atoms with Gasteiger partial charge in [0.05, 0.1) is 5.92 Å². The van der Waals surface area contributed by atoms with Crippen molar-refractivity contribution in [2.24, 2.45) is 0 Å². The van der Waals surface area contributed by atoms with Gasteiger partial charge in [-0.3, -0.25) is 0 Å². The zero-order valence-corrected chi connectivity index (χ0v) is 31.6. The minimum Gasteiger partial charge on any atom is -0.484 e. The first kappa shape index (κ1) is 33.8. The molecule has 6 aromatic rings. The number of para-hydroxylation sites is 1. The Morgan fingerprint density at radius 2 is 1.59 bits per heavy atom. The predicted molar refractivity (Wildman–Crippen MR) is 233 cm³/mol. The van der Waals surface area contributed by atoms with Gasteiger partial charge in [0.2, 0.25) is 0 Å². The number of ether oxygens (including phenoxy) is 1. The third kappa shape index (κ3) is 5.79. The summed E-state index contributed by atoms with van der Waals surface area (Å²) in [7, 11) is 0. The highest BCUT2D eigenvalue weighted by molar-refractivity contribution is 7.26. The Morgan fingerprint density at radius 3 is 2.44 bits per heavy atom. The van der Waals surface area contributed by atoms with Crippen molar-refractivity contribution >= 4 is 60.4 Å². The van der Waals surface area contributed by atoms with Crippen LogP contribution in [0.2, 0.25) is 0 Å². The number of allylic oxidation sites excluding steroid dienone is 9. The van der Waals surface area contributed by atoms with Crippen LogP contribution in [0.15, 0.2) is 170 Å². The highest BCUT2D eigenvalue weighted by Crippen LogP contribution is 2.52. The maximum atomic E-state index is 6.99. The van der Waals surface area contributed by atoms with Crippen LogP contribution >= 0.6 is 11.3 Å². The van der Waals surface area contributed by atoms with Gasteiger partial charge in [0.25, 0.3) is 0 Å². The number of benzene rings is 5. The molecular formula is C52H42OS. The third-order valence-electron chi connectivity index (χ3n) is 11.1. The molecule has 2 unspecified atom stereocenters. The van der Waals surface area contributed by atoms with Crippen LogP contribution in [0.3, 0.4) is 0 Å². The number of hydrogen-bond donors (Lipinski definition) is 0. The lowest BCUT2D eigenvalue weighted by Gasteiger charge is -2.30. The summed E-state index contributed by atoms with van der Waals surface area (Å²) >= 11 is 1.90. The SMILES string of the molecule is C=C/C(=C\C(=C)C1=c2cccc/c2=C(C2=Cc3c(ccc4c3sc3ccccc34)C3c4ccccc4OC23)/C=C/CCC=C1)c1ccc(C)c(/C=C\C)c1. The second-order valence-corrected chi connectivity index (χ2v) is 15.4. The molecule has 9 rings (SSSR count). The van der Waals surface area contributed by atoms with E-state index in [1.165, 1.54) is 64.4 Å². The van der Waals surface area contributed by atoms with Crippen molar-refractivity contribution in [2.75, 3.05) is 0 Å². The molecule has 1 nitrogen and oxygen atoms in total. The molecule has 1 aromatic heterocycles. The summed E-state index contributed by atoms with van der Waals surface area (Å²) in [6.07, 6.45) is 21.8.